The fourth-order valence-corrected chi connectivity index (χ4v) is 3.14. The van der Waals surface area contributed by atoms with E-state index in [0.717, 1.165) is 17.7 Å². The topological polar surface area (TPSA) is 84.0 Å². The summed E-state index contributed by atoms with van der Waals surface area (Å²) in [6.45, 7) is 7.46. The van der Waals surface area contributed by atoms with Gasteiger partial charge in [-0.3, -0.25) is 4.79 Å². The molecule has 1 amide bonds. The highest BCUT2D eigenvalue weighted by atomic mass is 19.1. The molecule has 2 aromatic rings. The number of ether oxygens (including phenoxy) is 2. The van der Waals surface area contributed by atoms with Gasteiger partial charge in [-0.25, -0.2) is 9.38 Å². The average molecular weight is 443 g/mol. The van der Waals surface area contributed by atoms with Gasteiger partial charge < -0.3 is 25.4 Å². The number of hydrogen-bond acceptors (Lipinski definition) is 4. The van der Waals surface area contributed by atoms with Crippen LogP contribution >= 0.6 is 0 Å². The van der Waals surface area contributed by atoms with E-state index < -0.39 is 0 Å². The minimum Gasteiger partial charge on any atom is -0.490 e. The number of nitrogens with one attached hydrogen (secondary N) is 3. The van der Waals surface area contributed by atoms with Gasteiger partial charge in [0.15, 0.2) is 17.5 Å². The molecule has 0 saturated heterocycles. The third kappa shape index (κ3) is 7.76. The third-order valence-electron chi connectivity index (χ3n) is 4.50. The number of hydrogen-bond donors (Lipinski definition) is 3. The molecular weight excluding hydrogens is 411 g/mol. The number of halogens is 1. The summed E-state index contributed by atoms with van der Waals surface area (Å²) >= 11 is 0. The summed E-state index contributed by atoms with van der Waals surface area (Å²) in [6, 6.07) is 12.0. The predicted molar refractivity (Wildman–Crippen MR) is 124 cm³/mol. The van der Waals surface area contributed by atoms with E-state index in [2.05, 4.69) is 20.9 Å². The molecule has 1 aliphatic heterocycles. The van der Waals surface area contributed by atoms with Crippen LogP contribution in [-0.4, -0.2) is 43.7 Å². The Morgan fingerprint density at radius 2 is 1.88 bits per heavy atom. The maximum absolute atomic E-state index is 13.4. The first-order valence-electron chi connectivity index (χ1n) is 10.8. The van der Waals surface area contributed by atoms with Crippen LogP contribution in [0.2, 0.25) is 0 Å². The monoisotopic (exact) mass is 442 g/mol. The molecule has 0 aromatic heterocycles. The van der Waals surface area contributed by atoms with Crippen LogP contribution in [0.1, 0.15) is 32.8 Å². The predicted octanol–water partition coefficient (Wildman–Crippen LogP) is 3.50. The lowest BCUT2D eigenvalue weighted by Crippen LogP contribution is -2.42. The summed E-state index contributed by atoms with van der Waals surface area (Å²) in [6.07, 6.45) is 1.43. The number of rotatable bonds is 6. The smallest absolute Gasteiger partial charge is 0.242 e. The van der Waals surface area contributed by atoms with E-state index in [1.165, 1.54) is 12.1 Å². The highest BCUT2D eigenvalue weighted by molar-refractivity contribution is 5.95. The fourth-order valence-electron chi connectivity index (χ4n) is 3.14. The van der Waals surface area contributed by atoms with Crippen molar-refractivity contribution < 1.29 is 18.7 Å². The van der Waals surface area contributed by atoms with Crippen LogP contribution in [0.3, 0.4) is 0 Å². The molecule has 8 heteroatoms. The Morgan fingerprint density at radius 1 is 1.09 bits per heavy atom. The number of aliphatic imine (C=N–C) groups is 1. The number of nitrogens with zero attached hydrogens (tertiary/aromatic N) is 1. The highest BCUT2D eigenvalue weighted by Gasteiger charge is 2.14. The lowest BCUT2D eigenvalue weighted by Gasteiger charge is -2.20. The van der Waals surface area contributed by atoms with Crippen molar-refractivity contribution in [2.75, 3.05) is 31.6 Å². The first kappa shape index (κ1) is 23.4. The van der Waals surface area contributed by atoms with Crippen molar-refractivity contribution in [2.24, 2.45) is 4.99 Å². The number of amides is 1. The largest absolute Gasteiger partial charge is 0.490 e. The van der Waals surface area contributed by atoms with Crippen molar-refractivity contribution in [3.8, 4) is 11.5 Å². The first-order chi connectivity index (χ1) is 15.3. The molecule has 0 atom stereocenters. The molecule has 172 valence electrons. The van der Waals surface area contributed by atoms with Crippen LogP contribution in [-0.2, 0) is 11.2 Å². The SMILES string of the molecule is CC(C)(C)NC(=O)CN=C(NCCc1cccc(F)c1)Nc1ccc2c(c1)OCCCO2. The molecule has 7 nitrogen and oxygen atoms in total. The van der Waals surface area contributed by atoms with E-state index in [1.54, 1.807) is 6.07 Å². The minimum atomic E-state index is -0.334. The molecule has 0 unspecified atom stereocenters. The van der Waals surface area contributed by atoms with Crippen LogP contribution in [0.4, 0.5) is 10.1 Å². The molecule has 2 aromatic carbocycles. The normalized spacial score (nSPS) is 13.8. The summed E-state index contributed by atoms with van der Waals surface area (Å²) in [4.78, 5) is 16.6. The lowest BCUT2D eigenvalue weighted by atomic mass is 10.1. The fraction of sp³-hybridized carbons (Fsp3) is 0.417. The van der Waals surface area contributed by atoms with Gasteiger partial charge in [-0.1, -0.05) is 12.1 Å². The van der Waals surface area contributed by atoms with Crippen LogP contribution in [0.5, 0.6) is 11.5 Å². The number of benzene rings is 2. The molecule has 1 heterocycles. The Kier molecular flexibility index (Phi) is 7.92. The maximum Gasteiger partial charge on any atom is 0.242 e. The standard InChI is InChI=1S/C24H31FN4O3/c1-24(2,3)29-22(30)16-27-23(26-11-10-17-6-4-7-18(25)14-17)28-19-8-9-20-21(15-19)32-13-5-12-31-20/h4,6-9,14-15H,5,10-13,16H2,1-3H3,(H,29,30)(H2,26,27,28). The van der Waals surface area contributed by atoms with Gasteiger partial charge in [-0.2, -0.15) is 0 Å². The van der Waals surface area contributed by atoms with E-state index in [-0.39, 0.29) is 23.8 Å². The molecule has 0 spiro atoms. The molecule has 0 aliphatic carbocycles. The molecule has 3 rings (SSSR count). The second-order valence-corrected chi connectivity index (χ2v) is 8.61. The van der Waals surface area contributed by atoms with Gasteiger partial charge in [-0.15, -0.1) is 0 Å². The molecule has 3 N–H and O–H groups in total. The second-order valence-electron chi connectivity index (χ2n) is 8.61. The van der Waals surface area contributed by atoms with E-state index in [1.807, 2.05) is 45.0 Å². The third-order valence-corrected chi connectivity index (χ3v) is 4.50. The quantitative estimate of drug-likeness (QED) is 0.471. The van der Waals surface area contributed by atoms with Crippen LogP contribution in [0.15, 0.2) is 47.5 Å². The number of carbonyl (C=O) groups is 1. The number of guanidine groups is 1. The first-order valence-corrected chi connectivity index (χ1v) is 10.8. The molecule has 0 radical (unpaired) electrons. The zero-order valence-electron chi connectivity index (χ0n) is 18.8. The second kappa shape index (κ2) is 10.8. The number of carbonyl (C=O) groups excluding carboxylic acids is 1. The summed E-state index contributed by atoms with van der Waals surface area (Å²) in [5.74, 6) is 1.37. The summed E-state index contributed by atoms with van der Waals surface area (Å²) < 4.78 is 24.9. The summed E-state index contributed by atoms with van der Waals surface area (Å²) in [5.41, 5.74) is 1.29. The van der Waals surface area contributed by atoms with Crippen molar-refractivity contribution in [3.05, 3.63) is 53.8 Å². The molecule has 1 aliphatic rings. The van der Waals surface area contributed by atoms with Crippen LogP contribution in [0.25, 0.3) is 0 Å². The molecular formula is C24H31FN4O3. The van der Waals surface area contributed by atoms with Gasteiger partial charge in [-0.05, 0) is 57.0 Å². The molecule has 0 saturated carbocycles. The highest BCUT2D eigenvalue weighted by Crippen LogP contribution is 2.32. The summed E-state index contributed by atoms with van der Waals surface area (Å²) in [7, 11) is 0. The van der Waals surface area contributed by atoms with E-state index >= 15 is 0 Å². The Morgan fingerprint density at radius 3 is 2.62 bits per heavy atom. The van der Waals surface area contributed by atoms with Gasteiger partial charge in [0.25, 0.3) is 0 Å². The Labute approximate surface area is 188 Å². The Balaban J connectivity index is 1.68. The zero-order valence-corrected chi connectivity index (χ0v) is 18.8. The van der Waals surface area contributed by atoms with Gasteiger partial charge in [0, 0.05) is 30.3 Å². The van der Waals surface area contributed by atoms with Gasteiger partial charge in [0.05, 0.1) is 13.2 Å². The van der Waals surface area contributed by atoms with Crippen molar-refractivity contribution in [2.45, 2.75) is 39.2 Å². The maximum atomic E-state index is 13.4. The molecule has 0 fully saturated rings. The van der Waals surface area contributed by atoms with Gasteiger partial charge in [0.1, 0.15) is 12.4 Å². The minimum absolute atomic E-state index is 0.0306. The van der Waals surface area contributed by atoms with E-state index in [0.29, 0.717) is 43.6 Å². The van der Waals surface area contributed by atoms with Crippen molar-refractivity contribution in [1.29, 1.82) is 0 Å². The van der Waals surface area contributed by atoms with Gasteiger partial charge in [0.2, 0.25) is 5.91 Å². The number of anilines is 1. The van der Waals surface area contributed by atoms with Crippen molar-refractivity contribution in [3.63, 3.8) is 0 Å². The Hall–Kier alpha value is -3.29. The average Bonchev–Trinajstić information content (AvgIpc) is 2.96. The zero-order chi connectivity index (χ0) is 23.0. The molecule has 32 heavy (non-hydrogen) atoms. The number of fused-ring (bicyclic) bond motifs is 1. The van der Waals surface area contributed by atoms with Crippen LogP contribution in [0, 0.1) is 5.82 Å². The van der Waals surface area contributed by atoms with E-state index in [9.17, 15) is 9.18 Å². The van der Waals surface area contributed by atoms with Crippen LogP contribution < -0.4 is 25.4 Å². The lowest BCUT2D eigenvalue weighted by molar-refractivity contribution is -0.121. The van der Waals surface area contributed by atoms with Crippen molar-refractivity contribution >= 4 is 17.6 Å². The van der Waals surface area contributed by atoms with Crippen molar-refractivity contribution in [1.82, 2.24) is 10.6 Å². The summed E-state index contributed by atoms with van der Waals surface area (Å²) in [5, 5.41) is 9.32. The Bertz CT molecular complexity index is 957. The van der Waals surface area contributed by atoms with Gasteiger partial charge >= 0.3 is 0 Å². The molecule has 0 bridgehead atoms. The van der Waals surface area contributed by atoms with E-state index in [4.69, 9.17) is 9.47 Å².